The van der Waals surface area contributed by atoms with Crippen LogP contribution >= 0.6 is 0 Å². The normalized spacial score (nSPS) is 11.6. The Morgan fingerprint density at radius 3 is 2.36 bits per heavy atom. The van der Waals surface area contributed by atoms with E-state index in [9.17, 15) is 9.59 Å². The van der Waals surface area contributed by atoms with Gasteiger partial charge < -0.3 is 10.5 Å². The molecule has 0 aromatic rings. The van der Waals surface area contributed by atoms with Crippen molar-refractivity contribution in [3.63, 3.8) is 0 Å². The van der Waals surface area contributed by atoms with Crippen molar-refractivity contribution in [1.29, 1.82) is 0 Å². The Morgan fingerprint density at radius 2 is 2.00 bits per heavy atom. The lowest BCUT2D eigenvalue weighted by atomic mass is 10.2. The summed E-state index contributed by atoms with van der Waals surface area (Å²) < 4.78 is 4.94. The van der Waals surface area contributed by atoms with Gasteiger partial charge in [-0.1, -0.05) is 20.8 Å². The molecule has 0 rings (SSSR count). The first-order chi connectivity index (χ1) is 6.47. The fourth-order valence-corrected chi connectivity index (χ4v) is 0.812. The van der Waals surface area contributed by atoms with Crippen LogP contribution in [0.2, 0.25) is 0 Å². The molecule has 0 radical (unpaired) electrons. The first-order valence-electron chi connectivity index (χ1n) is 4.64. The van der Waals surface area contributed by atoms with Crippen LogP contribution in [-0.4, -0.2) is 18.5 Å². The number of esters is 1. The molecule has 0 aliphatic carbocycles. The number of ether oxygens (including phenoxy) is 1. The minimum absolute atomic E-state index is 0.283. The molecule has 0 saturated heterocycles. The summed E-state index contributed by atoms with van der Waals surface area (Å²) in [5.41, 5.74) is 5.26. The molecule has 0 saturated carbocycles. The van der Waals surface area contributed by atoms with Gasteiger partial charge in [-0.05, 0) is 12.3 Å². The van der Waals surface area contributed by atoms with Gasteiger partial charge in [-0.25, -0.2) is 4.79 Å². The highest BCUT2D eigenvalue weighted by Gasteiger charge is 2.10. The van der Waals surface area contributed by atoms with Gasteiger partial charge in [0.2, 0.25) is 5.91 Å². The van der Waals surface area contributed by atoms with Crippen LogP contribution in [-0.2, 0) is 14.3 Å². The quantitative estimate of drug-likeness (QED) is 0.530. The van der Waals surface area contributed by atoms with Gasteiger partial charge in [-0.15, -0.1) is 0 Å². The highest BCUT2D eigenvalue weighted by molar-refractivity contribution is 5.97. The molecule has 4 heteroatoms. The van der Waals surface area contributed by atoms with Crippen molar-refractivity contribution in [1.82, 2.24) is 0 Å². The van der Waals surface area contributed by atoms with Gasteiger partial charge in [0.25, 0.3) is 0 Å². The molecular formula is C10H17NO3. The maximum Gasteiger partial charge on any atom is 0.334 e. The summed E-state index contributed by atoms with van der Waals surface area (Å²) in [5, 5.41) is 0. The Labute approximate surface area is 84.1 Å². The third kappa shape index (κ3) is 5.35. The van der Waals surface area contributed by atoms with Gasteiger partial charge in [0.05, 0.1) is 6.61 Å². The highest BCUT2D eigenvalue weighted by Crippen LogP contribution is 2.04. The highest BCUT2D eigenvalue weighted by atomic mass is 16.5. The van der Waals surface area contributed by atoms with Crippen LogP contribution in [0.25, 0.3) is 0 Å². The van der Waals surface area contributed by atoms with Crippen molar-refractivity contribution in [2.24, 2.45) is 11.7 Å². The Bertz CT molecular complexity index is 244. The van der Waals surface area contributed by atoms with Gasteiger partial charge in [-0.2, -0.15) is 0 Å². The molecule has 0 aromatic heterocycles. The summed E-state index contributed by atoms with van der Waals surface area (Å²) in [6, 6.07) is 0. The summed E-state index contributed by atoms with van der Waals surface area (Å²) >= 11 is 0. The number of primary amides is 1. The fourth-order valence-electron chi connectivity index (χ4n) is 0.812. The number of hydrogen-bond acceptors (Lipinski definition) is 3. The van der Waals surface area contributed by atoms with Crippen molar-refractivity contribution in [3.05, 3.63) is 11.6 Å². The predicted molar refractivity (Wildman–Crippen MR) is 53.4 cm³/mol. The summed E-state index contributed by atoms with van der Waals surface area (Å²) in [5.74, 6) is -0.797. The number of carbonyl (C=O) groups is 2. The Morgan fingerprint density at radius 1 is 1.43 bits per heavy atom. The first-order valence-corrected chi connectivity index (χ1v) is 4.64. The molecule has 80 valence electrons. The van der Waals surface area contributed by atoms with Crippen LogP contribution in [0.5, 0.6) is 0 Å². The second kappa shape index (κ2) is 6.18. The van der Waals surface area contributed by atoms with E-state index in [-0.39, 0.29) is 5.92 Å². The average Bonchev–Trinajstić information content (AvgIpc) is 2.09. The van der Waals surface area contributed by atoms with Crippen molar-refractivity contribution in [2.45, 2.75) is 27.2 Å². The van der Waals surface area contributed by atoms with Crippen LogP contribution in [0.1, 0.15) is 27.2 Å². The maximum atomic E-state index is 11.3. The Hall–Kier alpha value is -1.32. The topological polar surface area (TPSA) is 69.4 Å². The van der Waals surface area contributed by atoms with E-state index in [2.05, 4.69) is 0 Å². The zero-order chi connectivity index (χ0) is 11.1. The molecule has 0 fully saturated rings. The van der Waals surface area contributed by atoms with Crippen LogP contribution < -0.4 is 5.73 Å². The molecule has 0 heterocycles. The van der Waals surface area contributed by atoms with Crippen LogP contribution in [0.4, 0.5) is 0 Å². The number of hydrogen-bond donors (Lipinski definition) is 1. The lowest BCUT2D eigenvalue weighted by molar-refractivity contribution is -0.140. The number of carbonyl (C=O) groups excluding carboxylic acids is 2. The second-order valence-corrected chi connectivity index (χ2v) is 3.42. The van der Waals surface area contributed by atoms with E-state index in [4.69, 9.17) is 10.5 Å². The summed E-state index contributed by atoms with van der Waals surface area (Å²) in [6.45, 7) is 6.01. The molecule has 4 nitrogen and oxygen atoms in total. The maximum absolute atomic E-state index is 11.3. The molecule has 0 atom stereocenters. The van der Waals surface area contributed by atoms with E-state index < -0.39 is 11.9 Å². The van der Waals surface area contributed by atoms with Crippen molar-refractivity contribution < 1.29 is 14.3 Å². The van der Waals surface area contributed by atoms with Crippen LogP contribution in [0.15, 0.2) is 11.6 Å². The standard InChI is InChI=1S/C10H17NO3/c1-4-8(5-9(11)12)10(13)14-6-7(2)3/h5,7H,4,6H2,1-3H3,(H2,11,12)/b8-5-. The molecule has 1 amide bonds. The molecule has 0 aliphatic rings. The third-order valence-electron chi connectivity index (χ3n) is 1.51. The van der Waals surface area contributed by atoms with Crippen LogP contribution in [0, 0.1) is 5.92 Å². The number of rotatable bonds is 5. The molecule has 14 heavy (non-hydrogen) atoms. The van der Waals surface area contributed by atoms with Gasteiger partial charge in [-0.3, -0.25) is 4.79 Å². The summed E-state index contributed by atoms with van der Waals surface area (Å²) in [6.07, 6.45) is 1.56. The van der Waals surface area contributed by atoms with Crippen molar-refractivity contribution in [2.75, 3.05) is 6.61 Å². The Balaban J connectivity index is 4.26. The lowest BCUT2D eigenvalue weighted by Gasteiger charge is -2.07. The fraction of sp³-hybridized carbons (Fsp3) is 0.600. The van der Waals surface area contributed by atoms with Crippen molar-refractivity contribution in [3.8, 4) is 0 Å². The van der Waals surface area contributed by atoms with Crippen LogP contribution in [0.3, 0.4) is 0 Å². The van der Waals surface area contributed by atoms with Gasteiger partial charge >= 0.3 is 5.97 Å². The molecule has 0 unspecified atom stereocenters. The predicted octanol–water partition coefficient (Wildman–Crippen LogP) is 1.01. The van der Waals surface area contributed by atoms with E-state index >= 15 is 0 Å². The minimum atomic E-state index is -0.622. The molecular weight excluding hydrogens is 182 g/mol. The largest absolute Gasteiger partial charge is 0.462 e. The van der Waals surface area contributed by atoms with Gasteiger partial charge in [0, 0.05) is 11.6 Å². The molecule has 0 aliphatic heterocycles. The number of nitrogens with two attached hydrogens (primary N) is 1. The first kappa shape index (κ1) is 12.7. The number of amides is 1. The lowest BCUT2D eigenvalue weighted by Crippen LogP contribution is -2.15. The molecule has 0 aromatic carbocycles. The smallest absolute Gasteiger partial charge is 0.334 e. The second-order valence-electron chi connectivity index (χ2n) is 3.42. The Kier molecular flexibility index (Phi) is 5.60. The monoisotopic (exact) mass is 199 g/mol. The van der Waals surface area contributed by atoms with E-state index in [0.29, 0.717) is 18.6 Å². The molecule has 2 N–H and O–H groups in total. The molecule has 0 bridgehead atoms. The van der Waals surface area contributed by atoms with Crippen molar-refractivity contribution >= 4 is 11.9 Å². The van der Waals surface area contributed by atoms with Gasteiger partial charge in [0.15, 0.2) is 0 Å². The zero-order valence-corrected chi connectivity index (χ0v) is 8.87. The summed E-state index contributed by atoms with van der Waals surface area (Å²) in [7, 11) is 0. The average molecular weight is 199 g/mol. The third-order valence-corrected chi connectivity index (χ3v) is 1.51. The zero-order valence-electron chi connectivity index (χ0n) is 8.87. The van der Waals surface area contributed by atoms with E-state index in [1.165, 1.54) is 0 Å². The van der Waals surface area contributed by atoms with Gasteiger partial charge in [0.1, 0.15) is 0 Å². The van der Waals surface area contributed by atoms with E-state index in [1.54, 1.807) is 6.92 Å². The van der Waals surface area contributed by atoms with E-state index in [0.717, 1.165) is 6.08 Å². The molecule has 0 spiro atoms. The SMILES string of the molecule is CC/C(=C/C(N)=O)C(=O)OCC(C)C. The minimum Gasteiger partial charge on any atom is -0.462 e. The summed E-state index contributed by atoms with van der Waals surface area (Å²) in [4.78, 5) is 21.9. The van der Waals surface area contributed by atoms with E-state index in [1.807, 2.05) is 13.8 Å².